The van der Waals surface area contributed by atoms with Crippen LogP contribution in [0.2, 0.25) is 18.1 Å². The summed E-state index contributed by atoms with van der Waals surface area (Å²) in [5, 5.41) is 0.0675. The van der Waals surface area contributed by atoms with Gasteiger partial charge in [-0.15, -0.1) is 0 Å². The van der Waals surface area contributed by atoms with Gasteiger partial charge in [0.25, 0.3) is 0 Å². The zero-order valence-corrected chi connectivity index (χ0v) is 17.6. The largest absolute Gasteiger partial charge is 0.464 e. The van der Waals surface area contributed by atoms with Crippen LogP contribution in [0, 0.1) is 0 Å². The van der Waals surface area contributed by atoms with Gasteiger partial charge in [-0.2, -0.15) is 0 Å². The van der Waals surface area contributed by atoms with E-state index >= 15 is 0 Å². The maximum absolute atomic E-state index is 12.3. The minimum absolute atomic E-state index is 0.0675. The highest BCUT2D eigenvalue weighted by atomic mass is 28.4. The first-order valence-corrected chi connectivity index (χ1v) is 11.4. The van der Waals surface area contributed by atoms with Crippen LogP contribution in [-0.4, -0.2) is 56.2 Å². The first kappa shape index (κ1) is 21.0. The van der Waals surface area contributed by atoms with E-state index in [4.69, 9.17) is 13.9 Å². The lowest BCUT2D eigenvalue weighted by atomic mass is 10.2. The van der Waals surface area contributed by atoms with E-state index in [1.807, 2.05) is 0 Å². The molecule has 0 saturated carbocycles. The molecule has 0 aliphatic carbocycles. The van der Waals surface area contributed by atoms with Gasteiger partial charge < -0.3 is 13.9 Å². The third-order valence-electron chi connectivity index (χ3n) is 4.49. The zero-order chi connectivity index (χ0) is 18.9. The molecule has 6 nitrogen and oxygen atoms in total. The Balaban J connectivity index is 2.78. The quantitative estimate of drug-likeness (QED) is 0.427. The summed E-state index contributed by atoms with van der Waals surface area (Å²) >= 11 is 0. The molecular weight excluding hydrogens is 326 g/mol. The monoisotopic (exact) mass is 359 g/mol. The topological polar surface area (TPSA) is 64.8 Å². The Morgan fingerprint density at radius 1 is 1.08 bits per heavy atom. The molecule has 0 spiro atoms. The van der Waals surface area contributed by atoms with E-state index in [9.17, 15) is 9.59 Å². The first-order chi connectivity index (χ1) is 10.7. The number of carbonyl (C=O) groups is 2. The van der Waals surface area contributed by atoms with Crippen LogP contribution < -0.4 is 0 Å². The van der Waals surface area contributed by atoms with Crippen LogP contribution in [0.4, 0.5) is 4.79 Å². The van der Waals surface area contributed by atoms with Crippen molar-refractivity contribution in [1.82, 2.24) is 4.90 Å². The summed E-state index contributed by atoms with van der Waals surface area (Å²) in [5.41, 5.74) is -0.607. The van der Waals surface area contributed by atoms with Crippen molar-refractivity contribution in [2.45, 2.75) is 84.3 Å². The second kappa shape index (κ2) is 7.04. The van der Waals surface area contributed by atoms with Crippen LogP contribution in [-0.2, 0) is 18.7 Å². The van der Waals surface area contributed by atoms with E-state index in [2.05, 4.69) is 33.9 Å². The number of nitrogens with zero attached hydrogens (tertiary/aromatic N) is 1. The van der Waals surface area contributed by atoms with E-state index in [0.29, 0.717) is 6.61 Å². The molecule has 140 valence electrons. The number of esters is 1. The fourth-order valence-corrected chi connectivity index (χ4v) is 3.04. The van der Waals surface area contributed by atoms with Gasteiger partial charge in [-0.3, -0.25) is 4.90 Å². The first-order valence-electron chi connectivity index (χ1n) is 8.53. The molecular formula is C17H33NO5Si. The van der Waals surface area contributed by atoms with Gasteiger partial charge in [0.15, 0.2) is 14.4 Å². The zero-order valence-electron chi connectivity index (χ0n) is 16.6. The number of ether oxygens (including phenoxy) is 2. The molecule has 1 saturated heterocycles. The Labute approximate surface area is 147 Å². The lowest BCUT2D eigenvalue weighted by Crippen LogP contribution is -2.42. The highest BCUT2D eigenvalue weighted by Crippen LogP contribution is 2.39. The third-order valence-corrected chi connectivity index (χ3v) is 8.99. The molecule has 1 aliphatic rings. The summed E-state index contributed by atoms with van der Waals surface area (Å²) < 4.78 is 16.6. The maximum atomic E-state index is 12.3. The van der Waals surface area contributed by atoms with Crippen LogP contribution in [0.15, 0.2) is 0 Å². The Morgan fingerprint density at radius 3 is 2.04 bits per heavy atom. The summed E-state index contributed by atoms with van der Waals surface area (Å²) in [4.78, 5) is 25.9. The predicted octanol–water partition coefficient (Wildman–Crippen LogP) is 3.56. The van der Waals surface area contributed by atoms with Gasteiger partial charge in [-0.05, 0) is 45.8 Å². The Kier molecular flexibility index (Phi) is 6.14. The molecule has 1 amide bonds. The van der Waals surface area contributed by atoms with Crippen molar-refractivity contribution < 1.29 is 23.5 Å². The lowest BCUT2D eigenvalue weighted by molar-refractivity contribution is -0.143. The number of carbonyl (C=O) groups excluding carboxylic acids is 2. The molecule has 1 aliphatic heterocycles. The Morgan fingerprint density at radius 2 is 1.62 bits per heavy atom. The van der Waals surface area contributed by atoms with Gasteiger partial charge in [0.2, 0.25) is 0 Å². The van der Waals surface area contributed by atoms with Crippen molar-refractivity contribution in [3.8, 4) is 0 Å². The number of amides is 1. The summed E-state index contributed by atoms with van der Waals surface area (Å²) in [5.74, 6) is -0.396. The molecule has 0 aromatic rings. The van der Waals surface area contributed by atoms with Gasteiger partial charge in [0.05, 0.1) is 19.3 Å². The Bertz CT molecular complexity index is 478. The smallest absolute Gasteiger partial charge is 0.411 e. The van der Waals surface area contributed by atoms with Crippen LogP contribution in [0.5, 0.6) is 0 Å². The van der Waals surface area contributed by atoms with Crippen LogP contribution in [0.1, 0.15) is 48.5 Å². The van der Waals surface area contributed by atoms with Crippen molar-refractivity contribution in [2.75, 3.05) is 13.2 Å². The highest BCUT2D eigenvalue weighted by Gasteiger charge is 2.59. The van der Waals surface area contributed by atoms with Gasteiger partial charge >= 0.3 is 12.1 Å². The molecule has 0 N–H and O–H groups in total. The van der Waals surface area contributed by atoms with E-state index in [1.54, 1.807) is 27.7 Å². The average Bonchev–Trinajstić information content (AvgIpc) is 3.07. The van der Waals surface area contributed by atoms with Gasteiger partial charge in [0, 0.05) is 0 Å². The molecule has 0 unspecified atom stereocenters. The van der Waals surface area contributed by atoms with E-state index in [-0.39, 0.29) is 17.7 Å². The van der Waals surface area contributed by atoms with Crippen molar-refractivity contribution in [2.24, 2.45) is 0 Å². The number of hydrogen-bond donors (Lipinski definition) is 0. The Hall–Kier alpha value is -1.08. The number of hydrogen-bond acceptors (Lipinski definition) is 5. The van der Waals surface area contributed by atoms with E-state index < -0.39 is 32.0 Å². The van der Waals surface area contributed by atoms with Gasteiger partial charge in [-0.1, -0.05) is 20.8 Å². The standard InChI is InChI=1S/C17H33NO5Si/c1-10-21-14(19)13-12(11-22-24(8,9)17(5,6)7)18(13)15(20)23-16(2,3)4/h12-13H,10-11H2,1-9H3/t12-,13+,18?/m0/s1. The molecule has 0 aromatic heterocycles. The van der Waals surface area contributed by atoms with Crippen molar-refractivity contribution in [1.29, 1.82) is 0 Å². The normalized spacial score (nSPS) is 21.5. The van der Waals surface area contributed by atoms with Gasteiger partial charge in [-0.25, -0.2) is 9.59 Å². The van der Waals surface area contributed by atoms with Crippen LogP contribution in [0.3, 0.4) is 0 Å². The minimum atomic E-state index is -1.95. The second-order valence-electron chi connectivity index (χ2n) is 8.72. The fraction of sp³-hybridized carbons (Fsp3) is 0.882. The summed E-state index contributed by atoms with van der Waals surface area (Å²) in [6, 6.07) is -0.919. The predicted molar refractivity (Wildman–Crippen MR) is 95.4 cm³/mol. The van der Waals surface area contributed by atoms with Crippen molar-refractivity contribution >= 4 is 20.4 Å². The molecule has 7 heteroatoms. The summed E-state index contributed by atoms with van der Waals surface area (Å²) in [7, 11) is -1.95. The molecule has 1 fully saturated rings. The van der Waals surface area contributed by atoms with Gasteiger partial charge in [0.1, 0.15) is 5.60 Å². The summed E-state index contributed by atoms with van der Waals surface area (Å²) in [6.45, 7) is 18.5. The second-order valence-corrected chi connectivity index (χ2v) is 13.5. The molecule has 1 heterocycles. The third kappa shape index (κ3) is 5.21. The fourth-order valence-electron chi connectivity index (χ4n) is 2.02. The van der Waals surface area contributed by atoms with E-state index in [1.165, 1.54) is 4.90 Å². The van der Waals surface area contributed by atoms with Crippen LogP contribution >= 0.6 is 0 Å². The molecule has 0 radical (unpaired) electrons. The van der Waals surface area contributed by atoms with E-state index in [0.717, 1.165) is 0 Å². The molecule has 2 atom stereocenters. The van der Waals surface area contributed by atoms with Crippen molar-refractivity contribution in [3.63, 3.8) is 0 Å². The lowest BCUT2D eigenvalue weighted by Gasteiger charge is -2.36. The summed E-state index contributed by atoms with van der Waals surface area (Å²) in [6.07, 6.45) is -0.496. The molecule has 0 aromatic carbocycles. The molecule has 24 heavy (non-hydrogen) atoms. The van der Waals surface area contributed by atoms with Crippen molar-refractivity contribution in [3.05, 3.63) is 0 Å². The molecule has 0 bridgehead atoms. The average molecular weight is 360 g/mol. The SMILES string of the molecule is CCOC(=O)[C@H]1[C@H](CO[Si](C)(C)C(C)(C)C)N1C(=O)OC(C)(C)C. The van der Waals surface area contributed by atoms with Crippen LogP contribution in [0.25, 0.3) is 0 Å². The molecule has 1 rings (SSSR count). The maximum Gasteiger partial charge on any atom is 0.411 e. The highest BCUT2D eigenvalue weighted by molar-refractivity contribution is 6.74. The minimum Gasteiger partial charge on any atom is -0.464 e. The number of rotatable bonds is 5.